The summed E-state index contributed by atoms with van der Waals surface area (Å²) < 4.78 is 5.55. The van der Waals surface area contributed by atoms with Crippen LogP contribution in [0.5, 0.6) is 0 Å². The topological polar surface area (TPSA) is 108 Å². The molecule has 1 saturated heterocycles. The van der Waals surface area contributed by atoms with Crippen molar-refractivity contribution in [2.75, 3.05) is 26.2 Å². The van der Waals surface area contributed by atoms with Crippen LogP contribution in [0.25, 0.3) is 11.1 Å². The van der Waals surface area contributed by atoms with E-state index in [2.05, 4.69) is 51.9 Å². The minimum Gasteiger partial charge on any atom is -0.480 e. The maximum Gasteiger partial charge on any atom is 0.407 e. The van der Waals surface area contributed by atoms with Crippen LogP contribution in [0.4, 0.5) is 4.79 Å². The van der Waals surface area contributed by atoms with Crippen molar-refractivity contribution in [1.82, 2.24) is 15.5 Å². The van der Waals surface area contributed by atoms with Crippen LogP contribution in [0.3, 0.4) is 0 Å². The summed E-state index contributed by atoms with van der Waals surface area (Å²) in [6.07, 6.45) is 1.57. The minimum absolute atomic E-state index is 0.00334. The smallest absolute Gasteiger partial charge is 0.407 e. The van der Waals surface area contributed by atoms with Crippen molar-refractivity contribution in [1.29, 1.82) is 0 Å². The zero-order valence-electron chi connectivity index (χ0n) is 23.2. The van der Waals surface area contributed by atoms with Gasteiger partial charge in [-0.15, -0.1) is 0 Å². The molecule has 3 aromatic carbocycles. The third kappa shape index (κ3) is 6.77. The first-order valence-corrected chi connectivity index (χ1v) is 14.3. The van der Waals surface area contributed by atoms with E-state index >= 15 is 0 Å². The second-order valence-corrected chi connectivity index (χ2v) is 10.9. The summed E-state index contributed by atoms with van der Waals surface area (Å²) >= 11 is 0. The van der Waals surface area contributed by atoms with E-state index in [9.17, 15) is 19.5 Å². The molecule has 1 aliphatic heterocycles. The molecule has 5 rings (SSSR count). The molecule has 1 aliphatic carbocycles. The minimum atomic E-state index is -1.23. The number of amides is 2. The van der Waals surface area contributed by atoms with Crippen molar-refractivity contribution in [3.8, 4) is 11.1 Å². The van der Waals surface area contributed by atoms with Crippen molar-refractivity contribution < 1.29 is 24.2 Å². The van der Waals surface area contributed by atoms with Crippen molar-refractivity contribution in [3.63, 3.8) is 0 Å². The van der Waals surface area contributed by atoms with E-state index in [1.165, 1.54) is 16.7 Å². The molecule has 1 fully saturated rings. The maximum absolute atomic E-state index is 12.6. The van der Waals surface area contributed by atoms with Gasteiger partial charge >= 0.3 is 12.1 Å². The van der Waals surface area contributed by atoms with E-state index in [0.29, 0.717) is 45.3 Å². The zero-order chi connectivity index (χ0) is 28.7. The number of carboxylic acids is 1. The Balaban J connectivity index is 1.00. The number of nitrogens with zero attached hydrogens (tertiary/aromatic N) is 1. The van der Waals surface area contributed by atoms with Gasteiger partial charge in [-0.2, -0.15) is 0 Å². The number of carbonyl (C=O) groups is 3. The molecular weight excluding hydrogens is 518 g/mol. The molecule has 1 heterocycles. The highest BCUT2D eigenvalue weighted by molar-refractivity contribution is 5.87. The molecule has 3 aromatic rings. The van der Waals surface area contributed by atoms with E-state index in [1.807, 2.05) is 42.5 Å². The molecule has 214 valence electrons. The number of likely N-dealkylation sites (tertiary alicyclic amines) is 1. The molecule has 3 N–H and O–H groups in total. The Kier molecular flexibility index (Phi) is 8.99. The predicted octanol–water partition coefficient (Wildman–Crippen LogP) is 4.93. The van der Waals surface area contributed by atoms with Crippen LogP contribution in [0, 0.1) is 0 Å². The summed E-state index contributed by atoms with van der Waals surface area (Å²) in [7, 11) is 0. The molecule has 8 nitrogen and oxygen atoms in total. The fourth-order valence-corrected chi connectivity index (χ4v) is 5.91. The Bertz CT molecular complexity index is 1320. The molecule has 0 radical (unpaired) electrons. The first-order chi connectivity index (χ1) is 19.9. The van der Waals surface area contributed by atoms with E-state index in [4.69, 9.17) is 4.74 Å². The Morgan fingerprint density at radius 3 is 2.10 bits per heavy atom. The van der Waals surface area contributed by atoms with E-state index in [-0.39, 0.29) is 24.9 Å². The SMILES string of the molecule is O=C(CCCCNC(=O)OCC1c2ccccc2-c2ccccc21)NC1(C(=O)O)CCN(Cc2ccccc2)CC1. The molecule has 0 saturated carbocycles. The van der Waals surface area contributed by atoms with Gasteiger partial charge in [0.05, 0.1) is 0 Å². The number of carboxylic acid groups (broad SMARTS) is 1. The fraction of sp³-hybridized carbons (Fsp3) is 0.364. The molecule has 0 unspecified atom stereocenters. The molecule has 0 atom stereocenters. The number of benzene rings is 3. The standard InChI is InChI=1S/C33H37N3O5/c37-30(35-33(31(38)39)17-20-36(21-18-33)22-24-10-2-1-3-11-24)16-8-9-19-34-32(40)41-23-29-27-14-6-4-12-25(27)26-13-5-7-15-28(26)29/h1-7,10-15,29H,8-9,16-23H2,(H,34,40)(H,35,37)(H,38,39). The number of unbranched alkanes of at least 4 members (excludes halogenated alkanes) is 1. The van der Waals surface area contributed by atoms with Gasteiger partial charge in [-0.1, -0.05) is 78.9 Å². The maximum atomic E-state index is 12.6. The molecule has 0 bridgehead atoms. The van der Waals surface area contributed by atoms with Gasteiger partial charge in [0, 0.05) is 38.5 Å². The fourth-order valence-electron chi connectivity index (χ4n) is 5.91. The number of piperidine rings is 1. The van der Waals surface area contributed by atoms with E-state index in [1.54, 1.807) is 0 Å². The molecule has 2 amide bonds. The highest BCUT2D eigenvalue weighted by Crippen LogP contribution is 2.44. The van der Waals surface area contributed by atoms with Gasteiger partial charge in [0.1, 0.15) is 12.1 Å². The van der Waals surface area contributed by atoms with E-state index in [0.717, 1.165) is 17.7 Å². The van der Waals surface area contributed by atoms with Crippen LogP contribution in [0.15, 0.2) is 78.9 Å². The number of rotatable bonds is 11. The van der Waals surface area contributed by atoms with Crippen LogP contribution in [-0.2, 0) is 20.9 Å². The lowest BCUT2D eigenvalue weighted by Crippen LogP contribution is -2.59. The van der Waals surface area contributed by atoms with Crippen molar-refractivity contribution >= 4 is 18.0 Å². The third-order valence-electron chi connectivity index (χ3n) is 8.19. The largest absolute Gasteiger partial charge is 0.480 e. The normalized spacial score (nSPS) is 15.9. The van der Waals surface area contributed by atoms with Gasteiger partial charge in [-0.25, -0.2) is 9.59 Å². The summed E-state index contributed by atoms with van der Waals surface area (Å²) in [6, 6.07) is 26.5. The third-order valence-corrected chi connectivity index (χ3v) is 8.19. The number of ether oxygens (including phenoxy) is 1. The van der Waals surface area contributed by atoms with E-state index < -0.39 is 17.6 Å². The molecule has 0 spiro atoms. The average molecular weight is 556 g/mol. The lowest BCUT2D eigenvalue weighted by atomic mass is 9.87. The molecule has 41 heavy (non-hydrogen) atoms. The number of aliphatic carboxylic acids is 1. The summed E-state index contributed by atoms with van der Waals surface area (Å²) in [5.41, 5.74) is 4.63. The van der Waals surface area contributed by atoms with Crippen molar-refractivity contribution in [2.45, 2.75) is 50.1 Å². The molecule has 2 aliphatic rings. The Morgan fingerprint density at radius 2 is 1.46 bits per heavy atom. The first-order valence-electron chi connectivity index (χ1n) is 14.3. The molecule has 0 aromatic heterocycles. The summed E-state index contributed by atoms with van der Waals surface area (Å²) in [5, 5.41) is 15.5. The second kappa shape index (κ2) is 13.0. The molecule has 8 heteroatoms. The van der Waals surface area contributed by atoms with Gasteiger partial charge in [0.25, 0.3) is 0 Å². The van der Waals surface area contributed by atoms with Crippen molar-refractivity contribution in [3.05, 3.63) is 95.6 Å². The quantitative estimate of drug-likeness (QED) is 0.290. The lowest BCUT2D eigenvalue weighted by molar-refractivity contribution is -0.150. The van der Waals surface area contributed by atoms with Crippen LogP contribution >= 0.6 is 0 Å². The molecular formula is C33H37N3O5. The highest BCUT2D eigenvalue weighted by Gasteiger charge is 2.42. The number of alkyl carbamates (subject to hydrolysis) is 1. The Hall–Kier alpha value is -4.17. The van der Waals surface area contributed by atoms with Gasteiger partial charge < -0.3 is 20.5 Å². The Morgan fingerprint density at radius 1 is 0.854 bits per heavy atom. The van der Waals surface area contributed by atoms with Gasteiger partial charge in [-0.3, -0.25) is 9.69 Å². The van der Waals surface area contributed by atoms with Crippen molar-refractivity contribution in [2.24, 2.45) is 0 Å². The summed E-state index contributed by atoms with van der Waals surface area (Å²) in [6.45, 7) is 2.60. The Labute approximate surface area is 240 Å². The van der Waals surface area contributed by atoms with Gasteiger partial charge in [0.2, 0.25) is 5.91 Å². The van der Waals surface area contributed by atoms with Gasteiger partial charge in [0.15, 0.2) is 0 Å². The average Bonchev–Trinajstić information content (AvgIpc) is 3.31. The highest BCUT2D eigenvalue weighted by atomic mass is 16.5. The number of hydrogen-bond donors (Lipinski definition) is 3. The first kappa shape index (κ1) is 28.4. The van der Waals surface area contributed by atoms with Crippen LogP contribution in [0.2, 0.25) is 0 Å². The van der Waals surface area contributed by atoms with Crippen LogP contribution in [0.1, 0.15) is 54.7 Å². The number of carbonyl (C=O) groups excluding carboxylic acids is 2. The zero-order valence-corrected chi connectivity index (χ0v) is 23.2. The number of hydrogen-bond acceptors (Lipinski definition) is 5. The summed E-state index contributed by atoms with van der Waals surface area (Å²) in [4.78, 5) is 39.3. The van der Waals surface area contributed by atoms with Crippen LogP contribution < -0.4 is 10.6 Å². The monoisotopic (exact) mass is 555 g/mol. The van der Waals surface area contributed by atoms with Crippen LogP contribution in [-0.4, -0.2) is 59.8 Å². The summed E-state index contributed by atoms with van der Waals surface area (Å²) in [5.74, 6) is -1.25. The lowest BCUT2D eigenvalue weighted by Gasteiger charge is -2.39. The second-order valence-electron chi connectivity index (χ2n) is 10.9. The number of fused-ring (bicyclic) bond motifs is 3. The van der Waals surface area contributed by atoms with Gasteiger partial charge in [-0.05, 0) is 53.5 Å². The predicted molar refractivity (Wildman–Crippen MR) is 156 cm³/mol. The number of nitrogens with one attached hydrogen (secondary N) is 2.